The van der Waals surface area contributed by atoms with E-state index in [1.807, 2.05) is 45.0 Å². The maximum atomic E-state index is 13.8. The van der Waals surface area contributed by atoms with Gasteiger partial charge in [0.15, 0.2) is 5.78 Å². The summed E-state index contributed by atoms with van der Waals surface area (Å²) in [6, 6.07) is 4.83. The zero-order valence-corrected chi connectivity index (χ0v) is 23.9. The van der Waals surface area contributed by atoms with Crippen LogP contribution >= 0.6 is 0 Å². The van der Waals surface area contributed by atoms with E-state index in [0.29, 0.717) is 37.3 Å². The monoisotopic (exact) mass is 539 g/mol. The van der Waals surface area contributed by atoms with Gasteiger partial charge in [0.2, 0.25) is 11.8 Å². The van der Waals surface area contributed by atoms with Crippen molar-refractivity contribution >= 4 is 29.2 Å². The Balaban J connectivity index is 1.43. The number of nitrogens with two attached hydrogens (primary N) is 1. The quantitative estimate of drug-likeness (QED) is 0.498. The molecule has 1 aromatic rings. The van der Waals surface area contributed by atoms with E-state index in [1.165, 1.54) is 19.3 Å². The molecule has 214 valence electrons. The number of likely N-dealkylation sites (tertiary alicyclic amines) is 2. The predicted octanol–water partition coefficient (Wildman–Crippen LogP) is 2.58. The summed E-state index contributed by atoms with van der Waals surface area (Å²) in [7, 11) is 3.86. The number of carbonyl (C=O) groups is 4. The predicted molar refractivity (Wildman–Crippen MR) is 151 cm³/mol. The number of anilines is 1. The molecule has 2 aliphatic heterocycles. The Morgan fingerprint density at radius 3 is 2.28 bits per heavy atom. The van der Waals surface area contributed by atoms with E-state index < -0.39 is 18.1 Å². The second-order valence-electron chi connectivity index (χ2n) is 12.2. The molecule has 1 aromatic carbocycles. The molecule has 9 nitrogen and oxygen atoms in total. The number of nitrogens with one attached hydrogen (secondary N) is 1. The molecular formula is C30H45N5O4. The molecule has 2 heterocycles. The number of rotatable bonds is 9. The van der Waals surface area contributed by atoms with Gasteiger partial charge >= 0.3 is 0 Å². The number of fused-ring (bicyclic) bond motifs is 1. The first-order valence-electron chi connectivity index (χ1n) is 14.5. The SMILES string of the molecule is CC(C)CC(NC(=O)c1ccc(N(C)C)cc1)C(=O)N1CC[C@@H]2[C@H]1C(=O)CN2C(=O)[C@@H](N)CC1CCCCC1. The fourth-order valence-corrected chi connectivity index (χ4v) is 6.50. The van der Waals surface area contributed by atoms with Crippen molar-refractivity contribution in [1.29, 1.82) is 0 Å². The first-order valence-corrected chi connectivity index (χ1v) is 14.5. The number of hydrogen-bond donors (Lipinski definition) is 2. The molecule has 1 saturated carbocycles. The highest BCUT2D eigenvalue weighted by atomic mass is 16.2. The van der Waals surface area contributed by atoms with Gasteiger partial charge in [-0.1, -0.05) is 46.0 Å². The summed E-state index contributed by atoms with van der Waals surface area (Å²) in [5.74, 6) is -0.263. The minimum absolute atomic E-state index is 0.00422. The molecule has 3 amide bonds. The first-order chi connectivity index (χ1) is 18.6. The summed E-state index contributed by atoms with van der Waals surface area (Å²) in [6.07, 6.45) is 7.48. The third-order valence-electron chi connectivity index (χ3n) is 8.57. The normalized spacial score (nSPS) is 23.1. The Hall–Kier alpha value is -2.94. The van der Waals surface area contributed by atoms with Gasteiger partial charge in [-0.05, 0) is 55.4 Å². The van der Waals surface area contributed by atoms with Crippen molar-refractivity contribution in [2.24, 2.45) is 17.6 Å². The van der Waals surface area contributed by atoms with Crippen molar-refractivity contribution in [3.63, 3.8) is 0 Å². The molecule has 3 aliphatic rings. The maximum Gasteiger partial charge on any atom is 0.251 e. The second-order valence-corrected chi connectivity index (χ2v) is 12.2. The molecule has 9 heteroatoms. The number of Topliss-reactive ketones (excluding diaryl/α,β-unsaturated/α-hetero) is 1. The van der Waals surface area contributed by atoms with Crippen molar-refractivity contribution in [2.45, 2.75) is 89.4 Å². The van der Waals surface area contributed by atoms with Gasteiger partial charge in [-0.25, -0.2) is 0 Å². The van der Waals surface area contributed by atoms with Gasteiger partial charge in [-0.3, -0.25) is 19.2 Å². The maximum absolute atomic E-state index is 13.8. The van der Waals surface area contributed by atoms with Crippen molar-refractivity contribution < 1.29 is 19.2 Å². The average Bonchev–Trinajstić information content (AvgIpc) is 3.49. The number of hydrogen-bond acceptors (Lipinski definition) is 6. The van der Waals surface area contributed by atoms with Crippen LogP contribution in [0.1, 0.15) is 75.6 Å². The molecular weight excluding hydrogens is 494 g/mol. The van der Waals surface area contributed by atoms with Crippen LogP contribution in [0.25, 0.3) is 0 Å². The molecule has 3 fully saturated rings. The van der Waals surface area contributed by atoms with Gasteiger partial charge < -0.3 is 25.8 Å². The summed E-state index contributed by atoms with van der Waals surface area (Å²) in [5, 5.41) is 2.93. The second kappa shape index (κ2) is 12.5. The molecule has 3 N–H and O–H groups in total. The molecule has 4 atom stereocenters. The standard InChI is InChI=1S/C30H45N5O4/c1-19(2)16-24(32-28(37)21-10-12-22(13-11-21)33(3)4)30(39)34-15-14-25-27(34)26(36)18-35(25)29(38)23(31)17-20-8-6-5-7-9-20/h10-13,19-20,23-25,27H,5-9,14-18,31H2,1-4H3,(H,32,37)/t23-,24?,25+,27-/m0/s1. The summed E-state index contributed by atoms with van der Waals surface area (Å²) in [5.41, 5.74) is 7.80. The van der Waals surface area contributed by atoms with Gasteiger partial charge in [0.05, 0.1) is 18.6 Å². The molecule has 2 saturated heterocycles. The van der Waals surface area contributed by atoms with Gasteiger partial charge in [-0.15, -0.1) is 0 Å². The molecule has 0 aromatic heterocycles. The molecule has 4 rings (SSSR count). The Bertz CT molecular complexity index is 1050. The fraction of sp³-hybridized carbons (Fsp3) is 0.667. The van der Waals surface area contributed by atoms with Crippen molar-refractivity contribution in [3.05, 3.63) is 29.8 Å². The van der Waals surface area contributed by atoms with Crippen LogP contribution in [-0.2, 0) is 14.4 Å². The van der Waals surface area contributed by atoms with E-state index in [4.69, 9.17) is 5.73 Å². The summed E-state index contributed by atoms with van der Waals surface area (Å²) >= 11 is 0. The lowest BCUT2D eigenvalue weighted by atomic mass is 9.84. The molecule has 1 unspecified atom stereocenters. The lowest BCUT2D eigenvalue weighted by Crippen LogP contribution is -2.53. The van der Waals surface area contributed by atoms with Gasteiger partial charge in [0.25, 0.3) is 5.91 Å². The lowest BCUT2D eigenvalue weighted by molar-refractivity contribution is -0.138. The Morgan fingerprint density at radius 2 is 1.67 bits per heavy atom. The van der Waals surface area contributed by atoms with E-state index in [2.05, 4.69) is 5.32 Å². The van der Waals surface area contributed by atoms with Crippen molar-refractivity contribution in [2.75, 3.05) is 32.1 Å². The van der Waals surface area contributed by atoms with E-state index in [-0.39, 0.29) is 42.0 Å². The van der Waals surface area contributed by atoms with Crippen molar-refractivity contribution in [1.82, 2.24) is 15.1 Å². The van der Waals surface area contributed by atoms with Gasteiger partial charge in [0.1, 0.15) is 12.1 Å². The number of amides is 3. The highest BCUT2D eigenvalue weighted by Gasteiger charge is 2.52. The zero-order chi connectivity index (χ0) is 28.3. The minimum Gasteiger partial charge on any atom is -0.378 e. The Kier molecular flexibility index (Phi) is 9.31. The van der Waals surface area contributed by atoms with E-state index in [1.54, 1.807) is 21.9 Å². The fourth-order valence-electron chi connectivity index (χ4n) is 6.50. The largest absolute Gasteiger partial charge is 0.378 e. The van der Waals surface area contributed by atoms with Crippen LogP contribution in [0, 0.1) is 11.8 Å². The van der Waals surface area contributed by atoms with Crippen molar-refractivity contribution in [3.8, 4) is 0 Å². The Labute approximate surface area is 232 Å². The topological polar surface area (TPSA) is 116 Å². The summed E-state index contributed by atoms with van der Waals surface area (Å²) < 4.78 is 0. The third kappa shape index (κ3) is 6.62. The van der Waals surface area contributed by atoms with E-state index in [0.717, 1.165) is 18.5 Å². The number of ketones is 1. The van der Waals surface area contributed by atoms with Gasteiger partial charge in [0, 0.05) is 31.9 Å². The van der Waals surface area contributed by atoms with Crippen LogP contribution in [0.15, 0.2) is 24.3 Å². The highest BCUT2D eigenvalue weighted by molar-refractivity contribution is 6.01. The number of benzene rings is 1. The molecule has 1 aliphatic carbocycles. The lowest BCUT2D eigenvalue weighted by Gasteiger charge is -2.30. The molecule has 0 bridgehead atoms. The van der Waals surface area contributed by atoms with Crippen LogP contribution in [0.4, 0.5) is 5.69 Å². The van der Waals surface area contributed by atoms with Crippen LogP contribution in [0.2, 0.25) is 0 Å². The third-order valence-corrected chi connectivity index (χ3v) is 8.57. The molecule has 39 heavy (non-hydrogen) atoms. The highest BCUT2D eigenvalue weighted by Crippen LogP contribution is 2.33. The minimum atomic E-state index is -0.754. The zero-order valence-electron chi connectivity index (χ0n) is 23.9. The van der Waals surface area contributed by atoms with Crippen LogP contribution in [0.5, 0.6) is 0 Å². The summed E-state index contributed by atoms with van der Waals surface area (Å²) in [4.78, 5) is 58.5. The summed E-state index contributed by atoms with van der Waals surface area (Å²) in [6.45, 7) is 4.37. The average molecular weight is 540 g/mol. The number of carbonyl (C=O) groups excluding carboxylic acids is 4. The molecule has 0 spiro atoms. The van der Waals surface area contributed by atoms with Crippen LogP contribution in [-0.4, -0.2) is 84.7 Å². The van der Waals surface area contributed by atoms with Gasteiger partial charge in [-0.2, -0.15) is 0 Å². The number of nitrogens with zero attached hydrogens (tertiary/aromatic N) is 3. The molecule has 0 radical (unpaired) electrons. The van der Waals surface area contributed by atoms with Crippen LogP contribution in [0.3, 0.4) is 0 Å². The van der Waals surface area contributed by atoms with Crippen LogP contribution < -0.4 is 16.0 Å². The smallest absolute Gasteiger partial charge is 0.251 e. The van der Waals surface area contributed by atoms with E-state index >= 15 is 0 Å². The first kappa shape index (κ1) is 29.1. The van der Waals surface area contributed by atoms with E-state index in [9.17, 15) is 19.2 Å². The Morgan fingerprint density at radius 1 is 1.00 bits per heavy atom.